The van der Waals surface area contributed by atoms with E-state index in [2.05, 4.69) is 4.98 Å². The second-order valence-electron chi connectivity index (χ2n) is 4.07. The van der Waals surface area contributed by atoms with Gasteiger partial charge in [0.2, 0.25) is 11.6 Å². The lowest BCUT2D eigenvalue weighted by atomic mass is 10.2. The zero-order valence-electron chi connectivity index (χ0n) is 10.5. The van der Waals surface area contributed by atoms with Crippen molar-refractivity contribution in [2.45, 2.75) is 12.8 Å². The molecule has 0 amide bonds. The Labute approximate surface area is 125 Å². The second kappa shape index (κ2) is 6.07. The minimum Gasteiger partial charge on any atom is -0.432 e. The number of hydrogen-bond donors (Lipinski definition) is 0. The van der Waals surface area contributed by atoms with E-state index in [0.29, 0.717) is 11.8 Å². The maximum atomic E-state index is 11.0. The summed E-state index contributed by atoms with van der Waals surface area (Å²) >= 11 is 11.5. The van der Waals surface area contributed by atoms with Crippen molar-refractivity contribution < 1.29 is 9.66 Å². The Morgan fingerprint density at radius 1 is 1.40 bits per heavy atom. The minimum absolute atomic E-state index is 0.0913. The molecule has 2 rings (SSSR count). The van der Waals surface area contributed by atoms with Crippen molar-refractivity contribution in [1.29, 1.82) is 0 Å². The fraction of sp³-hybridized carbons (Fsp3) is 0.154. The van der Waals surface area contributed by atoms with Gasteiger partial charge in [-0.15, -0.1) is 11.6 Å². The van der Waals surface area contributed by atoms with E-state index in [4.69, 9.17) is 27.9 Å². The number of nitro benzene ring substituents is 1. The van der Waals surface area contributed by atoms with E-state index in [1.54, 1.807) is 13.1 Å². The number of nitrogens with zero attached hydrogens (tertiary/aromatic N) is 2. The fourth-order valence-corrected chi connectivity index (χ4v) is 1.94. The molecule has 0 aliphatic heterocycles. The van der Waals surface area contributed by atoms with E-state index >= 15 is 0 Å². The molecule has 0 saturated carbocycles. The number of aromatic nitrogens is 1. The third kappa shape index (κ3) is 3.18. The molecule has 0 aliphatic carbocycles. The number of pyridine rings is 1. The molecule has 20 heavy (non-hydrogen) atoms. The van der Waals surface area contributed by atoms with Crippen molar-refractivity contribution in [2.24, 2.45) is 0 Å². The molecule has 0 spiro atoms. The molecule has 1 aromatic heterocycles. The third-order valence-corrected chi connectivity index (χ3v) is 3.11. The van der Waals surface area contributed by atoms with Crippen LogP contribution < -0.4 is 4.74 Å². The first-order chi connectivity index (χ1) is 9.51. The summed E-state index contributed by atoms with van der Waals surface area (Å²) in [7, 11) is 0. The molecule has 104 valence electrons. The number of rotatable bonds is 4. The van der Waals surface area contributed by atoms with Crippen LogP contribution in [0.4, 0.5) is 5.69 Å². The van der Waals surface area contributed by atoms with E-state index in [0.717, 1.165) is 11.1 Å². The lowest BCUT2D eigenvalue weighted by Gasteiger charge is -2.08. The first-order valence-corrected chi connectivity index (χ1v) is 6.56. The molecule has 0 bridgehead atoms. The highest BCUT2D eigenvalue weighted by molar-refractivity contribution is 6.30. The summed E-state index contributed by atoms with van der Waals surface area (Å²) in [5.41, 5.74) is 1.38. The molecular weight excluding hydrogens is 303 g/mol. The van der Waals surface area contributed by atoms with Crippen LogP contribution in [0, 0.1) is 17.0 Å². The van der Waals surface area contributed by atoms with Crippen LogP contribution in [0.5, 0.6) is 11.6 Å². The summed E-state index contributed by atoms with van der Waals surface area (Å²) in [5.74, 6) is 0.729. The molecule has 5 nitrogen and oxygen atoms in total. The van der Waals surface area contributed by atoms with Crippen LogP contribution in [-0.2, 0) is 5.88 Å². The average Bonchev–Trinajstić information content (AvgIpc) is 2.42. The summed E-state index contributed by atoms with van der Waals surface area (Å²) in [6.45, 7) is 1.79. The fourth-order valence-electron chi connectivity index (χ4n) is 1.62. The van der Waals surface area contributed by atoms with Crippen molar-refractivity contribution in [3.05, 3.63) is 56.7 Å². The van der Waals surface area contributed by atoms with E-state index in [9.17, 15) is 10.1 Å². The van der Waals surface area contributed by atoms with Crippen LogP contribution in [0.15, 0.2) is 30.5 Å². The maximum Gasteiger partial charge on any atom is 0.313 e. The molecule has 0 atom stereocenters. The predicted molar refractivity (Wildman–Crippen MR) is 76.7 cm³/mol. The molecule has 0 N–H and O–H groups in total. The number of ether oxygens (including phenoxy) is 1. The zero-order valence-corrected chi connectivity index (χ0v) is 12.0. The largest absolute Gasteiger partial charge is 0.432 e. The van der Waals surface area contributed by atoms with E-state index < -0.39 is 4.92 Å². The van der Waals surface area contributed by atoms with Gasteiger partial charge in [-0.3, -0.25) is 10.1 Å². The van der Waals surface area contributed by atoms with Crippen molar-refractivity contribution in [2.75, 3.05) is 0 Å². The maximum absolute atomic E-state index is 11.0. The van der Waals surface area contributed by atoms with Crippen LogP contribution in [0.25, 0.3) is 0 Å². The molecular formula is C13H10Cl2N2O3. The Bertz CT molecular complexity index is 662. The summed E-state index contributed by atoms with van der Waals surface area (Å²) in [4.78, 5) is 14.5. The first-order valence-electron chi connectivity index (χ1n) is 5.64. The molecule has 0 saturated heterocycles. The zero-order chi connectivity index (χ0) is 14.7. The second-order valence-corrected chi connectivity index (χ2v) is 4.77. The average molecular weight is 313 g/mol. The van der Waals surface area contributed by atoms with E-state index in [1.165, 1.54) is 18.2 Å². The van der Waals surface area contributed by atoms with Gasteiger partial charge in [-0.2, -0.15) is 0 Å². The van der Waals surface area contributed by atoms with Gasteiger partial charge < -0.3 is 4.74 Å². The third-order valence-electron chi connectivity index (χ3n) is 2.57. The Morgan fingerprint density at radius 3 is 2.75 bits per heavy atom. The highest BCUT2D eigenvalue weighted by Gasteiger charge is 2.17. The smallest absolute Gasteiger partial charge is 0.313 e. The number of nitro groups is 1. The summed E-state index contributed by atoms with van der Waals surface area (Å²) < 4.78 is 5.50. The molecule has 0 unspecified atom stereocenters. The molecule has 0 aliphatic rings. The predicted octanol–water partition coefficient (Wildman–Crippen LogP) is 4.48. The highest BCUT2D eigenvalue weighted by Crippen LogP contribution is 2.33. The molecule has 1 aromatic carbocycles. The molecule has 0 radical (unpaired) electrons. The highest BCUT2D eigenvalue weighted by atomic mass is 35.5. The molecule has 2 aromatic rings. The number of alkyl halides is 1. The lowest BCUT2D eigenvalue weighted by Crippen LogP contribution is -1.97. The Balaban J connectivity index is 2.37. The summed E-state index contributed by atoms with van der Waals surface area (Å²) in [5, 5.41) is 11.2. The van der Waals surface area contributed by atoms with Gasteiger partial charge in [-0.05, 0) is 30.7 Å². The first kappa shape index (κ1) is 14.6. The van der Waals surface area contributed by atoms with Crippen molar-refractivity contribution in [3.63, 3.8) is 0 Å². The number of aryl methyl sites for hydroxylation is 1. The molecule has 1 heterocycles. The van der Waals surface area contributed by atoms with Crippen molar-refractivity contribution >= 4 is 28.9 Å². The topological polar surface area (TPSA) is 65.3 Å². The van der Waals surface area contributed by atoms with E-state index in [-0.39, 0.29) is 16.5 Å². The normalized spacial score (nSPS) is 10.3. The van der Waals surface area contributed by atoms with Gasteiger partial charge in [0.05, 0.1) is 4.92 Å². The number of halogens is 2. The van der Waals surface area contributed by atoms with Crippen LogP contribution in [0.2, 0.25) is 5.02 Å². The molecule has 7 heteroatoms. The Hall–Kier alpha value is -1.85. The van der Waals surface area contributed by atoms with Crippen LogP contribution >= 0.6 is 23.2 Å². The van der Waals surface area contributed by atoms with Gasteiger partial charge in [0.25, 0.3) is 0 Å². The standard InChI is InChI=1S/C13H10Cl2N2O3/c1-8-4-9(6-14)7-16-13(8)20-12-3-2-10(15)5-11(12)17(18)19/h2-5,7H,6H2,1H3. The van der Waals surface area contributed by atoms with Crippen LogP contribution in [-0.4, -0.2) is 9.91 Å². The van der Waals surface area contributed by atoms with E-state index in [1.807, 2.05) is 6.07 Å². The van der Waals surface area contributed by atoms with Crippen molar-refractivity contribution in [3.8, 4) is 11.6 Å². The Morgan fingerprint density at radius 2 is 2.15 bits per heavy atom. The van der Waals surface area contributed by atoms with Gasteiger partial charge in [0, 0.05) is 28.7 Å². The summed E-state index contributed by atoms with van der Waals surface area (Å²) in [6.07, 6.45) is 1.57. The van der Waals surface area contributed by atoms with Gasteiger partial charge in [-0.1, -0.05) is 11.6 Å². The minimum atomic E-state index is -0.552. The van der Waals surface area contributed by atoms with Gasteiger partial charge in [-0.25, -0.2) is 4.98 Å². The van der Waals surface area contributed by atoms with Crippen LogP contribution in [0.3, 0.4) is 0 Å². The Kier molecular flexibility index (Phi) is 4.42. The summed E-state index contributed by atoms with van der Waals surface area (Å²) in [6, 6.07) is 6.01. The van der Waals surface area contributed by atoms with Gasteiger partial charge in [0.1, 0.15) is 0 Å². The SMILES string of the molecule is Cc1cc(CCl)cnc1Oc1ccc(Cl)cc1[N+](=O)[O-]. The monoisotopic (exact) mass is 312 g/mol. The lowest BCUT2D eigenvalue weighted by molar-refractivity contribution is -0.385. The van der Waals surface area contributed by atoms with Gasteiger partial charge in [0.15, 0.2) is 0 Å². The van der Waals surface area contributed by atoms with Crippen molar-refractivity contribution in [1.82, 2.24) is 4.98 Å². The van der Waals surface area contributed by atoms with Gasteiger partial charge >= 0.3 is 5.69 Å². The quantitative estimate of drug-likeness (QED) is 0.474. The number of hydrogen-bond acceptors (Lipinski definition) is 4. The number of benzene rings is 1. The molecule has 0 fully saturated rings. The van der Waals surface area contributed by atoms with Crippen LogP contribution in [0.1, 0.15) is 11.1 Å².